The number of ketones is 2. The first kappa shape index (κ1) is 19.3. The number of nitrogens with one attached hydrogen (secondary N) is 1. The zero-order valence-electron chi connectivity index (χ0n) is 15.8. The molecule has 0 radical (unpaired) electrons. The molecule has 1 heterocycles. The van der Waals surface area contributed by atoms with Crippen LogP contribution in [0.25, 0.3) is 0 Å². The van der Waals surface area contributed by atoms with Gasteiger partial charge in [0.1, 0.15) is 5.76 Å². The number of fused-ring (bicyclic) bond motifs is 2. The van der Waals surface area contributed by atoms with Crippen LogP contribution < -0.4 is 5.32 Å². The highest BCUT2D eigenvalue weighted by molar-refractivity contribution is 6.30. The third-order valence-electron chi connectivity index (χ3n) is 4.75. The second-order valence-corrected chi connectivity index (χ2v) is 6.72. The van der Waals surface area contributed by atoms with Gasteiger partial charge in [-0.1, -0.05) is 36.4 Å². The van der Waals surface area contributed by atoms with Crippen LogP contribution in [0, 0.1) is 0 Å². The van der Waals surface area contributed by atoms with Crippen LogP contribution in [0.3, 0.4) is 0 Å². The molecule has 7 heteroatoms. The Bertz CT molecular complexity index is 1150. The molecule has 4 rings (SSSR count). The Balaban J connectivity index is 1.43. The lowest BCUT2D eigenvalue weighted by molar-refractivity contribution is -0.147. The Morgan fingerprint density at radius 3 is 2.33 bits per heavy atom. The van der Waals surface area contributed by atoms with Gasteiger partial charge in [0.15, 0.2) is 18.2 Å². The molecule has 0 saturated carbocycles. The predicted octanol–water partition coefficient (Wildman–Crippen LogP) is 3.17. The van der Waals surface area contributed by atoms with Crippen molar-refractivity contribution in [2.45, 2.75) is 12.8 Å². The van der Waals surface area contributed by atoms with Gasteiger partial charge < -0.3 is 14.5 Å². The molecule has 2 aromatic carbocycles. The first-order valence-electron chi connectivity index (χ1n) is 9.34. The van der Waals surface area contributed by atoms with Crippen LogP contribution in [0.2, 0.25) is 0 Å². The number of hydrogen-bond donors (Lipinski definition) is 1. The molecular weight excluding hydrogens is 386 g/mol. The van der Waals surface area contributed by atoms with E-state index in [-0.39, 0.29) is 34.8 Å². The first-order valence-corrected chi connectivity index (χ1v) is 9.34. The van der Waals surface area contributed by atoms with Gasteiger partial charge in [0.05, 0.1) is 23.9 Å². The number of esters is 1. The van der Waals surface area contributed by atoms with Crippen LogP contribution in [-0.4, -0.2) is 30.0 Å². The summed E-state index contributed by atoms with van der Waals surface area (Å²) in [6.45, 7) is -0.501. The van der Waals surface area contributed by atoms with Crippen molar-refractivity contribution in [3.8, 4) is 0 Å². The quantitative estimate of drug-likeness (QED) is 0.496. The molecule has 0 saturated heterocycles. The maximum Gasteiger partial charge on any atom is 0.306 e. The summed E-state index contributed by atoms with van der Waals surface area (Å²) in [6.07, 6.45) is 1.96. The van der Waals surface area contributed by atoms with Crippen LogP contribution in [0.4, 0.5) is 5.69 Å². The van der Waals surface area contributed by atoms with Crippen molar-refractivity contribution in [2.75, 3.05) is 11.9 Å². The second-order valence-electron chi connectivity index (χ2n) is 6.72. The predicted molar refractivity (Wildman–Crippen MR) is 106 cm³/mol. The van der Waals surface area contributed by atoms with E-state index in [4.69, 9.17) is 9.15 Å². The lowest BCUT2D eigenvalue weighted by Crippen LogP contribution is -2.26. The number of ether oxygens (including phenoxy) is 1. The minimum atomic E-state index is -0.603. The van der Waals surface area contributed by atoms with Gasteiger partial charge in [-0.2, -0.15) is 0 Å². The monoisotopic (exact) mass is 403 g/mol. The number of carbonyl (C=O) groups is 4. The Labute approximate surface area is 171 Å². The number of anilines is 1. The summed E-state index contributed by atoms with van der Waals surface area (Å²) < 4.78 is 10.1. The van der Waals surface area contributed by atoms with Crippen molar-refractivity contribution < 1.29 is 28.3 Å². The molecule has 0 spiro atoms. The van der Waals surface area contributed by atoms with Gasteiger partial charge in [0.25, 0.3) is 5.91 Å². The van der Waals surface area contributed by atoms with Crippen molar-refractivity contribution >= 4 is 29.1 Å². The van der Waals surface area contributed by atoms with E-state index in [9.17, 15) is 19.2 Å². The summed E-state index contributed by atoms with van der Waals surface area (Å²) in [5.41, 5.74) is 1.20. The van der Waals surface area contributed by atoms with Gasteiger partial charge in [0, 0.05) is 23.1 Å². The summed E-state index contributed by atoms with van der Waals surface area (Å²) in [6, 6.07) is 14.7. The van der Waals surface area contributed by atoms with Gasteiger partial charge in [0.2, 0.25) is 0 Å². The molecule has 30 heavy (non-hydrogen) atoms. The van der Waals surface area contributed by atoms with E-state index in [1.807, 2.05) is 0 Å². The van der Waals surface area contributed by atoms with Crippen LogP contribution in [0.5, 0.6) is 0 Å². The van der Waals surface area contributed by atoms with Gasteiger partial charge in [-0.3, -0.25) is 19.2 Å². The number of rotatable bonds is 6. The molecule has 150 valence electrons. The van der Waals surface area contributed by atoms with E-state index in [2.05, 4.69) is 5.32 Å². The third-order valence-corrected chi connectivity index (χ3v) is 4.75. The number of carbonyl (C=O) groups excluding carboxylic acids is 4. The molecular formula is C23H17NO6. The lowest BCUT2D eigenvalue weighted by atomic mass is 9.83. The molecule has 1 N–H and O–H groups in total. The molecule has 7 nitrogen and oxygen atoms in total. The van der Waals surface area contributed by atoms with Crippen LogP contribution >= 0.6 is 0 Å². The standard InChI is InChI=1S/C23H17NO6/c25-19(13-30-20(26)11-10-14-5-4-12-29-14)24-18-9-3-8-17-21(18)23(28)16-7-2-1-6-15(16)22(17)27/h1-9,12H,10-11,13H2,(H,24,25). The zero-order valence-corrected chi connectivity index (χ0v) is 15.8. The van der Waals surface area contributed by atoms with E-state index in [0.717, 1.165) is 0 Å². The van der Waals surface area contributed by atoms with Crippen LogP contribution in [0.15, 0.2) is 65.3 Å². The number of furan rings is 1. The van der Waals surface area contributed by atoms with Gasteiger partial charge in [-0.25, -0.2) is 0 Å². The fourth-order valence-electron chi connectivity index (χ4n) is 3.33. The smallest absolute Gasteiger partial charge is 0.306 e. The average molecular weight is 403 g/mol. The summed E-state index contributed by atoms with van der Waals surface area (Å²) >= 11 is 0. The number of aryl methyl sites for hydroxylation is 1. The summed E-state index contributed by atoms with van der Waals surface area (Å²) in [5, 5.41) is 2.57. The average Bonchev–Trinajstić information content (AvgIpc) is 3.28. The summed E-state index contributed by atoms with van der Waals surface area (Å²) in [7, 11) is 0. The Hall–Kier alpha value is -4.00. The molecule has 0 atom stereocenters. The Morgan fingerprint density at radius 2 is 1.60 bits per heavy atom. The Kier molecular flexibility index (Phi) is 5.26. The fourth-order valence-corrected chi connectivity index (χ4v) is 3.33. The largest absolute Gasteiger partial charge is 0.469 e. The van der Waals surface area contributed by atoms with Gasteiger partial charge in [-0.05, 0) is 18.2 Å². The molecule has 0 aliphatic heterocycles. The fraction of sp³-hybridized carbons (Fsp3) is 0.130. The molecule has 3 aromatic rings. The van der Waals surface area contributed by atoms with E-state index in [1.54, 1.807) is 48.5 Å². The molecule has 0 unspecified atom stereocenters. The van der Waals surface area contributed by atoms with Crippen molar-refractivity contribution in [3.63, 3.8) is 0 Å². The molecule has 1 aromatic heterocycles. The van der Waals surface area contributed by atoms with Crippen LogP contribution in [-0.2, 0) is 20.7 Å². The van der Waals surface area contributed by atoms with Crippen molar-refractivity contribution in [1.29, 1.82) is 0 Å². The topological polar surface area (TPSA) is 103 Å². The highest BCUT2D eigenvalue weighted by atomic mass is 16.5. The van der Waals surface area contributed by atoms with E-state index >= 15 is 0 Å². The number of hydrogen-bond acceptors (Lipinski definition) is 6. The molecule has 1 aliphatic carbocycles. The normalized spacial score (nSPS) is 12.1. The maximum absolute atomic E-state index is 12.9. The zero-order chi connectivity index (χ0) is 21.1. The van der Waals surface area contributed by atoms with Crippen molar-refractivity contribution in [1.82, 2.24) is 0 Å². The van der Waals surface area contributed by atoms with Crippen molar-refractivity contribution in [3.05, 3.63) is 88.9 Å². The first-order chi connectivity index (χ1) is 14.5. The van der Waals surface area contributed by atoms with Gasteiger partial charge in [-0.15, -0.1) is 0 Å². The second kappa shape index (κ2) is 8.16. The number of benzene rings is 2. The highest BCUT2D eigenvalue weighted by Crippen LogP contribution is 2.31. The van der Waals surface area contributed by atoms with Crippen LogP contribution in [0.1, 0.15) is 44.0 Å². The van der Waals surface area contributed by atoms with E-state index in [1.165, 1.54) is 12.3 Å². The summed E-state index contributed by atoms with van der Waals surface area (Å²) in [4.78, 5) is 49.7. The molecule has 0 bridgehead atoms. The minimum absolute atomic E-state index is 0.0747. The van der Waals surface area contributed by atoms with Gasteiger partial charge >= 0.3 is 5.97 Å². The van der Waals surface area contributed by atoms with Crippen molar-refractivity contribution in [2.24, 2.45) is 0 Å². The SMILES string of the molecule is O=C(COC(=O)CCc1ccco1)Nc1cccc2c1C(=O)c1ccccc1C2=O. The lowest BCUT2D eigenvalue weighted by Gasteiger charge is -2.20. The van der Waals surface area contributed by atoms with E-state index in [0.29, 0.717) is 23.3 Å². The minimum Gasteiger partial charge on any atom is -0.469 e. The maximum atomic E-state index is 12.9. The number of amides is 1. The molecule has 0 fully saturated rings. The highest BCUT2D eigenvalue weighted by Gasteiger charge is 2.31. The molecule has 1 amide bonds. The third kappa shape index (κ3) is 3.77. The molecule has 1 aliphatic rings. The van der Waals surface area contributed by atoms with E-state index < -0.39 is 18.5 Å². The summed E-state index contributed by atoms with van der Waals surface area (Å²) in [5.74, 6) is -1.12. The Morgan fingerprint density at radius 1 is 0.867 bits per heavy atom.